The number of hydrogen-bond acceptors (Lipinski definition) is 5. The highest BCUT2D eigenvalue weighted by atomic mass is 32.2. The highest BCUT2D eigenvalue weighted by Crippen LogP contribution is 2.30. The Morgan fingerprint density at radius 3 is 2.77 bits per heavy atom. The fourth-order valence-electron chi connectivity index (χ4n) is 1.40. The van der Waals surface area contributed by atoms with Crippen molar-refractivity contribution >= 4 is 18.0 Å². The van der Waals surface area contributed by atoms with Crippen molar-refractivity contribution in [3.63, 3.8) is 0 Å². The fraction of sp³-hybridized carbons (Fsp3) is 0.625. The smallest absolute Gasteiger partial charge is 0.280 e. The zero-order chi connectivity index (χ0) is 9.10. The van der Waals surface area contributed by atoms with Crippen LogP contribution in [0.5, 0.6) is 0 Å². The lowest BCUT2D eigenvalue weighted by atomic mass is 10.0. The minimum Gasteiger partial charge on any atom is -0.418 e. The maximum absolute atomic E-state index is 10.3. The average molecular weight is 198 g/mol. The van der Waals surface area contributed by atoms with Gasteiger partial charge in [0.2, 0.25) is 12.2 Å². The van der Waals surface area contributed by atoms with Crippen molar-refractivity contribution in [2.45, 2.75) is 18.8 Å². The second kappa shape index (κ2) is 3.91. The van der Waals surface area contributed by atoms with Crippen LogP contribution in [0.25, 0.3) is 0 Å². The van der Waals surface area contributed by atoms with E-state index in [1.807, 2.05) is 11.8 Å². The standard InChI is InChI=1S/C8H10N2O2S/c11-5-7-9-10-8(12-7)6-1-3-13-4-2-6/h5-6H,1-4H2. The van der Waals surface area contributed by atoms with Crippen molar-refractivity contribution < 1.29 is 9.21 Å². The van der Waals surface area contributed by atoms with E-state index in [9.17, 15) is 4.79 Å². The van der Waals surface area contributed by atoms with Crippen LogP contribution in [0.2, 0.25) is 0 Å². The first-order valence-corrected chi connectivity index (χ1v) is 5.42. The van der Waals surface area contributed by atoms with Crippen LogP contribution in [-0.4, -0.2) is 28.0 Å². The van der Waals surface area contributed by atoms with E-state index < -0.39 is 0 Å². The van der Waals surface area contributed by atoms with E-state index >= 15 is 0 Å². The van der Waals surface area contributed by atoms with E-state index in [4.69, 9.17) is 4.42 Å². The lowest BCUT2D eigenvalue weighted by Crippen LogP contribution is -2.07. The molecule has 0 saturated carbocycles. The molecular formula is C8H10N2O2S. The molecule has 0 aromatic carbocycles. The average Bonchev–Trinajstić information content (AvgIpc) is 2.67. The number of carbonyl (C=O) groups excluding carboxylic acids is 1. The minimum atomic E-state index is 0.0910. The number of carbonyl (C=O) groups is 1. The molecule has 13 heavy (non-hydrogen) atoms. The van der Waals surface area contributed by atoms with Gasteiger partial charge in [0.25, 0.3) is 5.89 Å². The van der Waals surface area contributed by atoms with Crippen LogP contribution >= 0.6 is 11.8 Å². The van der Waals surface area contributed by atoms with E-state index in [2.05, 4.69) is 10.2 Å². The molecule has 0 radical (unpaired) electrons. The highest BCUT2D eigenvalue weighted by Gasteiger charge is 2.21. The molecule has 0 aliphatic carbocycles. The summed E-state index contributed by atoms with van der Waals surface area (Å²) in [5.41, 5.74) is 0. The predicted octanol–water partition coefficient (Wildman–Crippen LogP) is 1.49. The SMILES string of the molecule is O=Cc1nnc(C2CCSCC2)o1. The van der Waals surface area contributed by atoms with E-state index in [1.165, 1.54) is 0 Å². The lowest BCUT2D eigenvalue weighted by Gasteiger charge is -2.17. The first-order chi connectivity index (χ1) is 6.40. The molecule has 1 aliphatic rings. The molecule has 2 heterocycles. The quantitative estimate of drug-likeness (QED) is 0.674. The van der Waals surface area contributed by atoms with Crippen LogP contribution in [0.3, 0.4) is 0 Å². The molecule has 70 valence electrons. The van der Waals surface area contributed by atoms with Crippen molar-refractivity contribution in [2.75, 3.05) is 11.5 Å². The third kappa shape index (κ3) is 1.91. The molecule has 1 saturated heterocycles. The Balaban J connectivity index is 2.09. The van der Waals surface area contributed by atoms with Gasteiger partial charge in [0, 0.05) is 5.92 Å². The van der Waals surface area contributed by atoms with Crippen LogP contribution in [0.1, 0.15) is 35.3 Å². The van der Waals surface area contributed by atoms with Gasteiger partial charge in [-0.3, -0.25) is 4.79 Å². The number of nitrogens with zero attached hydrogens (tertiary/aromatic N) is 2. The molecule has 0 N–H and O–H groups in total. The molecule has 1 aromatic heterocycles. The number of aldehydes is 1. The van der Waals surface area contributed by atoms with Gasteiger partial charge in [0.15, 0.2) is 0 Å². The van der Waals surface area contributed by atoms with Gasteiger partial charge in [-0.15, -0.1) is 10.2 Å². The Kier molecular flexibility index (Phi) is 2.63. The second-order valence-corrected chi connectivity index (χ2v) is 4.21. The third-order valence-corrected chi connectivity index (χ3v) is 3.18. The van der Waals surface area contributed by atoms with E-state index in [0.29, 0.717) is 18.1 Å². The van der Waals surface area contributed by atoms with E-state index in [1.54, 1.807) is 0 Å². The van der Waals surface area contributed by atoms with Crippen molar-refractivity contribution in [3.8, 4) is 0 Å². The maximum atomic E-state index is 10.3. The van der Waals surface area contributed by atoms with Crippen LogP contribution in [0, 0.1) is 0 Å². The summed E-state index contributed by atoms with van der Waals surface area (Å²) in [5.74, 6) is 3.37. The monoisotopic (exact) mass is 198 g/mol. The number of rotatable bonds is 2. The van der Waals surface area contributed by atoms with E-state index in [0.717, 1.165) is 24.3 Å². The molecule has 0 bridgehead atoms. The first kappa shape index (κ1) is 8.74. The summed E-state index contributed by atoms with van der Waals surface area (Å²) in [6.07, 6.45) is 2.74. The van der Waals surface area contributed by atoms with Crippen molar-refractivity contribution in [2.24, 2.45) is 0 Å². The first-order valence-electron chi connectivity index (χ1n) is 4.26. The predicted molar refractivity (Wildman–Crippen MR) is 49.0 cm³/mol. The molecule has 4 nitrogen and oxygen atoms in total. The molecule has 1 aliphatic heterocycles. The van der Waals surface area contributed by atoms with Crippen LogP contribution < -0.4 is 0 Å². The van der Waals surface area contributed by atoms with Gasteiger partial charge in [0.05, 0.1) is 0 Å². The van der Waals surface area contributed by atoms with Gasteiger partial charge in [-0.25, -0.2) is 0 Å². The van der Waals surface area contributed by atoms with Gasteiger partial charge < -0.3 is 4.42 Å². The molecule has 1 aromatic rings. The summed E-state index contributed by atoms with van der Waals surface area (Å²) >= 11 is 1.95. The molecule has 0 unspecified atom stereocenters. The summed E-state index contributed by atoms with van der Waals surface area (Å²) < 4.78 is 5.17. The summed E-state index contributed by atoms with van der Waals surface area (Å²) in [6, 6.07) is 0. The van der Waals surface area contributed by atoms with Crippen molar-refractivity contribution in [3.05, 3.63) is 11.8 Å². The number of aromatic nitrogens is 2. The van der Waals surface area contributed by atoms with Crippen LogP contribution in [0.15, 0.2) is 4.42 Å². The third-order valence-electron chi connectivity index (χ3n) is 2.13. The number of hydrogen-bond donors (Lipinski definition) is 0. The summed E-state index contributed by atoms with van der Waals surface area (Å²) in [6.45, 7) is 0. The van der Waals surface area contributed by atoms with Gasteiger partial charge in [-0.1, -0.05) is 0 Å². The summed E-state index contributed by atoms with van der Waals surface area (Å²) in [5, 5.41) is 7.47. The van der Waals surface area contributed by atoms with E-state index in [-0.39, 0.29) is 5.89 Å². The molecular weight excluding hydrogens is 188 g/mol. The van der Waals surface area contributed by atoms with Gasteiger partial charge >= 0.3 is 0 Å². The topological polar surface area (TPSA) is 56.0 Å². The number of thioether (sulfide) groups is 1. The zero-order valence-corrected chi connectivity index (χ0v) is 7.92. The maximum Gasteiger partial charge on any atom is 0.280 e. The minimum absolute atomic E-state index is 0.0910. The van der Waals surface area contributed by atoms with Crippen LogP contribution in [0.4, 0.5) is 0 Å². The molecule has 0 amide bonds. The molecule has 5 heteroatoms. The summed E-state index contributed by atoms with van der Waals surface area (Å²) in [7, 11) is 0. The second-order valence-electron chi connectivity index (χ2n) is 2.98. The fourth-order valence-corrected chi connectivity index (χ4v) is 2.51. The largest absolute Gasteiger partial charge is 0.418 e. The van der Waals surface area contributed by atoms with Crippen molar-refractivity contribution in [1.82, 2.24) is 10.2 Å². The molecule has 2 rings (SSSR count). The van der Waals surface area contributed by atoms with Crippen molar-refractivity contribution in [1.29, 1.82) is 0 Å². The zero-order valence-electron chi connectivity index (χ0n) is 7.10. The highest BCUT2D eigenvalue weighted by molar-refractivity contribution is 7.99. The Bertz CT molecular complexity index is 294. The Hall–Kier alpha value is -0.840. The van der Waals surface area contributed by atoms with Crippen LogP contribution in [-0.2, 0) is 0 Å². The van der Waals surface area contributed by atoms with Gasteiger partial charge in [0.1, 0.15) is 0 Å². The molecule has 0 atom stereocenters. The summed E-state index contributed by atoms with van der Waals surface area (Å²) in [4.78, 5) is 10.3. The van der Waals surface area contributed by atoms with Gasteiger partial charge in [-0.05, 0) is 24.3 Å². The van der Waals surface area contributed by atoms with Gasteiger partial charge in [-0.2, -0.15) is 11.8 Å². The molecule has 0 spiro atoms. The Morgan fingerprint density at radius 2 is 2.15 bits per heavy atom. The Morgan fingerprint density at radius 1 is 1.38 bits per heavy atom. The Labute approximate surface area is 80.1 Å². The lowest BCUT2D eigenvalue weighted by molar-refractivity contribution is 0.109. The normalized spacial score (nSPS) is 18.8. The molecule has 1 fully saturated rings.